The van der Waals surface area contributed by atoms with Gasteiger partial charge in [0.1, 0.15) is 78.3 Å². The Morgan fingerprint density at radius 2 is 1.09 bits per heavy atom. The van der Waals surface area contributed by atoms with Crippen LogP contribution in [0, 0.1) is 11.3 Å². The number of unbranched alkanes of at least 4 members (excludes halogenated alkanes) is 1. The number of carbonyl (C=O) groups excluding carboxylic acids is 13. The minimum Gasteiger partial charge on any atom is -0.508 e. The summed E-state index contributed by atoms with van der Waals surface area (Å²) in [6.45, 7) is 1.97. The molecule has 1 aliphatic heterocycles. The highest BCUT2D eigenvalue weighted by Gasteiger charge is 2.41. The topological polar surface area (TPSA) is 637 Å². The largest absolute Gasteiger partial charge is 0.508 e. The quantitative estimate of drug-likeness (QED) is 0.0100. The Morgan fingerprint density at radius 1 is 0.576 bits per heavy atom. The van der Waals surface area contributed by atoms with Gasteiger partial charge >= 0.3 is 11.9 Å². The maximum Gasteiger partial charge on any atom is 0.326 e. The van der Waals surface area contributed by atoms with Crippen molar-refractivity contribution in [3.8, 4) is 5.75 Å². The molecule has 12 unspecified atom stereocenters. The van der Waals surface area contributed by atoms with Crippen molar-refractivity contribution in [3.05, 3.63) is 120 Å². The number of aromatic hydroxyl groups is 1. The zero-order valence-corrected chi connectivity index (χ0v) is 66.7. The van der Waals surface area contributed by atoms with E-state index < -0.39 is 212 Å². The number of aliphatic hydroxyl groups is 2. The Kier molecular flexibility index (Phi) is 38.8. The molecule has 13 amide bonds. The number of guanidine groups is 1. The second-order valence-electron chi connectivity index (χ2n) is 28.6. The van der Waals surface area contributed by atoms with Crippen molar-refractivity contribution in [2.45, 2.75) is 183 Å². The molecule has 0 radical (unpaired) electrons. The van der Waals surface area contributed by atoms with Gasteiger partial charge in [0.25, 0.3) is 0 Å². The number of H-pyrrole nitrogens is 2. The van der Waals surface area contributed by atoms with Gasteiger partial charge < -0.3 is 121 Å². The van der Waals surface area contributed by atoms with Crippen molar-refractivity contribution < 1.29 is 97.5 Å². The highest BCUT2D eigenvalue weighted by atomic mass is 32.2. The number of benzene rings is 3. The van der Waals surface area contributed by atoms with E-state index in [1.165, 1.54) is 53.5 Å². The first kappa shape index (κ1) is 94.6. The molecule has 5 aromatic rings. The highest BCUT2D eigenvalue weighted by Crippen LogP contribution is 2.23. The molecule has 0 saturated carbocycles. The first-order valence-electron chi connectivity index (χ1n) is 38.5. The molecule has 0 aliphatic carbocycles. The SMILES string of the molecule is CSCCC(NC(=O)C(CO)NC(=O)C(Cc1ccc(O)cc1)NC(=O)C(CO)NC(C)=O)C(=O)NC(CCC(=O)O)C(=O)NC(Cc1cnc[nH]1)C(=O)NC(Cc1ccccc1)C(=O)NC(CCCNC(=N)N)C(=O)NC(Cc1c[nH]c2ccccc12)C(=O)NCC(=O)NC(CCCCN)C(=O)N1CCCC1C(=O)NC(C(=O)O)C(C)C. The molecular formula is C77H108N20O20S. The number of nitrogens with zero attached hydrogens (tertiary/aromatic N) is 2. The molecule has 642 valence electrons. The third-order valence-electron chi connectivity index (χ3n) is 19.2. The summed E-state index contributed by atoms with van der Waals surface area (Å²) in [6.07, 6.45) is 4.47. The number of likely N-dealkylation sites (tertiary alicyclic amines) is 1. The number of aliphatic carboxylic acids is 2. The summed E-state index contributed by atoms with van der Waals surface area (Å²) >= 11 is 1.23. The van der Waals surface area contributed by atoms with Crippen molar-refractivity contribution in [2.24, 2.45) is 17.4 Å². The molecule has 3 aromatic carbocycles. The van der Waals surface area contributed by atoms with E-state index in [0.717, 1.165) is 6.92 Å². The molecule has 40 nitrogen and oxygen atoms in total. The van der Waals surface area contributed by atoms with Crippen LogP contribution in [0.3, 0.4) is 0 Å². The van der Waals surface area contributed by atoms with E-state index in [2.05, 4.69) is 84.1 Å². The Labute approximate surface area is 683 Å². The second kappa shape index (κ2) is 48.3. The minimum atomic E-state index is -1.84. The Hall–Kier alpha value is -12.2. The molecule has 118 heavy (non-hydrogen) atoms. The first-order valence-corrected chi connectivity index (χ1v) is 39.9. The normalized spacial score (nSPS) is 15.2. The Morgan fingerprint density at radius 3 is 1.64 bits per heavy atom. The Bertz CT molecular complexity index is 4250. The van der Waals surface area contributed by atoms with Gasteiger partial charge in [-0.25, -0.2) is 9.78 Å². The average molecular weight is 1670 g/mol. The van der Waals surface area contributed by atoms with Crippen molar-refractivity contribution in [1.29, 1.82) is 5.41 Å². The number of carboxylic acids is 2. The van der Waals surface area contributed by atoms with E-state index in [0.29, 0.717) is 46.9 Å². The van der Waals surface area contributed by atoms with Crippen LogP contribution >= 0.6 is 11.8 Å². The third-order valence-corrected chi connectivity index (χ3v) is 19.8. The smallest absolute Gasteiger partial charge is 0.326 e. The van der Waals surface area contributed by atoms with E-state index >= 15 is 14.4 Å². The number of hydrogen-bond acceptors (Lipinski definition) is 22. The standard InChI is InChI=1S/C77H108N20O20S/c1-42(2)64(76(116)117)96-74(114)61-20-13-30-97(61)75(115)54(18-10-11-28-78)87-62(102)38-84-65(105)57(34-46-36-83-50-17-9-8-16-49(46)50)93-66(106)51(19-12-29-82-77(79)80)88-69(109)55(32-44-14-6-5-7-15-44)91-71(111)58(35-47-37-81-41-85-47)94-67(107)52(25-26-63(103)104)89-68(108)53(27-31-118-4)90-73(113)60(40-99)95-70(110)56(33-45-21-23-48(101)24-22-45)92-72(112)59(39-98)86-43(3)100/h5-9,14-17,21-24,36-37,41-42,51-61,64,83,98-99,101H,10-13,18-20,25-35,38-40,78H2,1-4H3,(H,81,85)(H,84,105)(H,86,100)(H,87,102)(H,88,109)(H,89,108)(H,90,113)(H,91,111)(H,92,112)(H,93,106)(H,94,107)(H,95,110)(H,96,114)(H,103,104)(H,116,117)(H4,79,80,82). The van der Waals surface area contributed by atoms with Gasteiger partial charge in [0.05, 0.1) is 26.1 Å². The molecule has 0 bridgehead atoms. The predicted octanol–water partition coefficient (Wildman–Crippen LogP) is -3.94. The zero-order valence-electron chi connectivity index (χ0n) is 65.9. The number of thioether (sulfide) groups is 1. The predicted molar refractivity (Wildman–Crippen MR) is 429 cm³/mol. The van der Waals surface area contributed by atoms with Crippen LogP contribution < -0.4 is 80.6 Å². The summed E-state index contributed by atoms with van der Waals surface area (Å²) in [6, 6.07) is 2.56. The fourth-order valence-corrected chi connectivity index (χ4v) is 13.4. The summed E-state index contributed by atoms with van der Waals surface area (Å²) in [5, 5.41) is 91.5. The van der Waals surface area contributed by atoms with Crippen molar-refractivity contribution >= 4 is 117 Å². The van der Waals surface area contributed by atoms with Gasteiger partial charge in [-0.1, -0.05) is 74.5 Å². The van der Waals surface area contributed by atoms with E-state index in [4.69, 9.17) is 16.9 Å². The number of para-hydroxylation sites is 1. The van der Waals surface area contributed by atoms with Crippen molar-refractivity contribution in [2.75, 3.05) is 51.4 Å². The number of amides is 13. The van der Waals surface area contributed by atoms with Crippen LogP contribution in [0.4, 0.5) is 0 Å². The molecule has 3 heterocycles. The van der Waals surface area contributed by atoms with Gasteiger partial charge in [-0.15, -0.1) is 0 Å². The molecule has 1 aliphatic rings. The minimum absolute atomic E-state index is 0.00944. The highest BCUT2D eigenvalue weighted by molar-refractivity contribution is 7.98. The number of aromatic amines is 2. The van der Waals surface area contributed by atoms with E-state index in [9.17, 15) is 83.1 Å². The Balaban J connectivity index is 1.25. The van der Waals surface area contributed by atoms with Crippen LogP contribution in [0.15, 0.2) is 97.6 Å². The number of aliphatic hydroxyl groups excluding tert-OH is 2. The molecule has 6 rings (SSSR count). The number of imidazole rings is 1. The van der Waals surface area contributed by atoms with Gasteiger partial charge in [-0.3, -0.25) is 72.5 Å². The maximum absolute atomic E-state index is 15.2. The number of phenols is 1. The first-order chi connectivity index (χ1) is 56.3. The molecule has 12 atom stereocenters. The fourth-order valence-electron chi connectivity index (χ4n) is 12.9. The number of rotatable bonds is 50. The van der Waals surface area contributed by atoms with Gasteiger partial charge in [0, 0.05) is 81.1 Å². The van der Waals surface area contributed by atoms with Crippen molar-refractivity contribution in [3.63, 3.8) is 0 Å². The summed E-state index contributed by atoms with van der Waals surface area (Å²) in [7, 11) is 0. The molecule has 2 aromatic heterocycles. The van der Waals surface area contributed by atoms with Crippen LogP contribution in [0.2, 0.25) is 0 Å². The summed E-state index contributed by atoms with van der Waals surface area (Å²) < 4.78 is 0. The molecule has 1 fully saturated rings. The zero-order chi connectivity index (χ0) is 86.5. The van der Waals surface area contributed by atoms with Crippen LogP contribution in [0.1, 0.15) is 107 Å². The van der Waals surface area contributed by atoms with Crippen molar-refractivity contribution in [1.82, 2.24) is 89.0 Å². The number of aromatic nitrogens is 3. The van der Waals surface area contributed by atoms with Gasteiger partial charge in [-0.2, -0.15) is 11.8 Å². The fraction of sp³-hybridized carbons (Fsp3) is 0.494. The van der Waals surface area contributed by atoms with E-state index in [1.807, 2.05) is 0 Å². The lowest BCUT2D eigenvalue weighted by molar-refractivity contribution is -0.145. The number of nitrogens with one attached hydrogen (secondary N) is 16. The molecule has 0 spiro atoms. The lowest BCUT2D eigenvalue weighted by Gasteiger charge is -2.30. The number of carbonyl (C=O) groups is 15. The van der Waals surface area contributed by atoms with Crippen LogP contribution in [0.5, 0.6) is 5.75 Å². The van der Waals surface area contributed by atoms with Gasteiger partial charge in [0.15, 0.2) is 5.96 Å². The maximum atomic E-state index is 15.2. The number of hydrogen-bond donors (Lipinski definition) is 23. The average Bonchev–Trinajstić information content (AvgIpc) is 1.64. The second-order valence-corrected chi connectivity index (χ2v) is 29.6. The lowest BCUT2D eigenvalue weighted by Crippen LogP contribution is -2.61. The molecular weight excluding hydrogens is 1560 g/mol. The third kappa shape index (κ3) is 30.8. The number of nitrogens with two attached hydrogens (primary N) is 2. The summed E-state index contributed by atoms with van der Waals surface area (Å²) in [5.41, 5.74) is 13.7. The molecule has 25 N–H and O–H groups in total. The summed E-state index contributed by atoms with van der Waals surface area (Å²) in [4.78, 5) is 220. The van der Waals surface area contributed by atoms with Crippen LogP contribution in [0.25, 0.3) is 10.9 Å². The van der Waals surface area contributed by atoms with Crippen LogP contribution in [-0.4, -0.2) is 264 Å². The lowest BCUT2D eigenvalue weighted by atomic mass is 10.0. The van der Waals surface area contributed by atoms with Gasteiger partial charge in [0.2, 0.25) is 76.8 Å². The monoisotopic (exact) mass is 1660 g/mol. The van der Waals surface area contributed by atoms with Gasteiger partial charge in [-0.05, 0) is 117 Å². The number of fused-ring (bicyclic) bond motifs is 1. The molecule has 41 heteroatoms. The molecule has 1 saturated heterocycles. The van der Waals surface area contributed by atoms with E-state index in [-0.39, 0.29) is 88.2 Å². The number of carboxylic acid groups (broad SMARTS) is 2. The van der Waals surface area contributed by atoms with Crippen LogP contribution in [-0.2, 0) is 97.6 Å². The number of phenolic OH excluding ortho intramolecular Hbond substituents is 1. The van der Waals surface area contributed by atoms with E-state index in [1.54, 1.807) is 80.9 Å². The summed E-state index contributed by atoms with van der Waals surface area (Å²) in [5.74, 6) is -15.7.